The van der Waals surface area contributed by atoms with Gasteiger partial charge < -0.3 is 9.47 Å². The number of rotatable bonds is 6. The second-order valence-electron chi connectivity index (χ2n) is 11.0. The van der Waals surface area contributed by atoms with Crippen LogP contribution in [0, 0.1) is 0 Å². The average Bonchev–Trinajstić information content (AvgIpc) is 3.43. The molecule has 0 amide bonds. The standard InChI is InChI=1S/C42H30N2/c1-5-15-31(16-6-1)32-25-27-38-39-28-26-33(30-42(39)44(41(38)29-32)36-21-11-4-12-22-36)37-23-13-14-24-40(37)43(34-17-7-2-8-18-34)35-19-9-3-10-20-35/h1-30H. The number of nitrogens with zero attached hydrogens (tertiary/aromatic N) is 2. The van der Waals surface area contributed by atoms with Crippen molar-refractivity contribution in [1.29, 1.82) is 0 Å². The minimum atomic E-state index is 1.12. The number of hydrogen-bond acceptors (Lipinski definition) is 1. The highest BCUT2D eigenvalue weighted by molar-refractivity contribution is 6.11. The highest BCUT2D eigenvalue weighted by Crippen LogP contribution is 2.42. The van der Waals surface area contributed by atoms with Gasteiger partial charge in [-0.15, -0.1) is 0 Å². The van der Waals surface area contributed by atoms with Crippen LogP contribution in [0.15, 0.2) is 182 Å². The van der Waals surface area contributed by atoms with E-state index in [1.54, 1.807) is 0 Å². The summed E-state index contributed by atoms with van der Waals surface area (Å²) in [6, 6.07) is 65.0. The van der Waals surface area contributed by atoms with Gasteiger partial charge in [-0.05, 0) is 71.3 Å². The summed E-state index contributed by atoms with van der Waals surface area (Å²) in [6.07, 6.45) is 0. The predicted octanol–water partition coefficient (Wildman–Crippen LogP) is 11.6. The highest BCUT2D eigenvalue weighted by atomic mass is 15.1. The van der Waals surface area contributed by atoms with Crippen molar-refractivity contribution >= 4 is 38.9 Å². The molecule has 8 aromatic rings. The summed E-state index contributed by atoms with van der Waals surface area (Å²) in [4.78, 5) is 2.35. The molecule has 0 fully saturated rings. The molecule has 2 nitrogen and oxygen atoms in total. The molecule has 8 rings (SSSR count). The molecule has 0 saturated heterocycles. The number of anilines is 3. The SMILES string of the molecule is c1ccc(-c2ccc3c4ccc(-c5ccccc5N(c5ccccc5)c5ccccc5)cc4n(-c4ccccc4)c3c2)cc1. The number of benzene rings is 7. The molecule has 0 atom stereocenters. The molecule has 0 aliphatic rings. The lowest BCUT2D eigenvalue weighted by atomic mass is 9.99. The van der Waals surface area contributed by atoms with Crippen molar-refractivity contribution in [3.63, 3.8) is 0 Å². The van der Waals surface area contributed by atoms with Gasteiger partial charge >= 0.3 is 0 Å². The lowest BCUT2D eigenvalue weighted by Crippen LogP contribution is -2.10. The Bertz CT molecular complexity index is 2160. The first-order chi connectivity index (χ1) is 21.8. The maximum Gasteiger partial charge on any atom is 0.0547 e. The first-order valence-electron chi connectivity index (χ1n) is 15.0. The Morgan fingerprint density at radius 3 is 1.45 bits per heavy atom. The number of fused-ring (bicyclic) bond motifs is 3. The maximum atomic E-state index is 2.41. The molecule has 0 N–H and O–H groups in total. The van der Waals surface area contributed by atoms with E-state index in [-0.39, 0.29) is 0 Å². The van der Waals surface area contributed by atoms with Crippen molar-refractivity contribution in [2.24, 2.45) is 0 Å². The maximum absolute atomic E-state index is 2.41. The van der Waals surface area contributed by atoms with E-state index in [4.69, 9.17) is 0 Å². The van der Waals surface area contributed by atoms with Crippen LogP contribution in [0.5, 0.6) is 0 Å². The fourth-order valence-corrected chi connectivity index (χ4v) is 6.35. The summed E-state index contributed by atoms with van der Waals surface area (Å²) < 4.78 is 2.41. The highest BCUT2D eigenvalue weighted by Gasteiger charge is 2.19. The molecule has 0 aliphatic carbocycles. The summed E-state index contributed by atoms with van der Waals surface area (Å²) in [5, 5.41) is 2.49. The summed E-state index contributed by atoms with van der Waals surface area (Å²) in [6.45, 7) is 0. The van der Waals surface area contributed by atoms with Crippen LogP contribution in [0.25, 0.3) is 49.7 Å². The van der Waals surface area contributed by atoms with Crippen LogP contribution in [-0.2, 0) is 0 Å². The van der Waals surface area contributed by atoms with Crippen molar-refractivity contribution in [2.45, 2.75) is 0 Å². The van der Waals surface area contributed by atoms with Crippen LogP contribution in [0.3, 0.4) is 0 Å². The van der Waals surface area contributed by atoms with Gasteiger partial charge in [-0.3, -0.25) is 0 Å². The molecule has 7 aromatic carbocycles. The molecule has 1 aromatic heterocycles. The van der Waals surface area contributed by atoms with Gasteiger partial charge in [0.2, 0.25) is 0 Å². The molecule has 2 heteroatoms. The van der Waals surface area contributed by atoms with Crippen molar-refractivity contribution in [3.8, 4) is 27.9 Å². The predicted molar refractivity (Wildman–Crippen MR) is 186 cm³/mol. The van der Waals surface area contributed by atoms with E-state index in [9.17, 15) is 0 Å². The van der Waals surface area contributed by atoms with Gasteiger partial charge in [0.25, 0.3) is 0 Å². The van der Waals surface area contributed by atoms with E-state index < -0.39 is 0 Å². The largest absolute Gasteiger partial charge is 0.310 e. The lowest BCUT2D eigenvalue weighted by Gasteiger charge is -2.27. The molecule has 0 saturated carbocycles. The van der Waals surface area contributed by atoms with Crippen LogP contribution in [0.2, 0.25) is 0 Å². The smallest absolute Gasteiger partial charge is 0.0547 e. The summed E-state index contributed by atoms with van der Waals surface area (Å²) >= 11 is 0. The Kier molecular flexibility index (Phi) is 6.51. The Balaban J connectivity index is 1.36. The Morgan fingerprint density at radius 2 is 0.841 bits per heavy atom. The van der Waals surface area contributed by atoms with Crippen LogP contribution >= 0.6 is 0 Å². The van der Waals surface area contributed by atoms with Gasteiger partial charge in [0.1, 0.15) is 0 Å². The fourth-order valence-electron chi connectivity index (χ4n) is 6.35. The van der Waals surface area contributed by atoms with Gasteiger partial charge in [-0.25, -0.2) is 0 Å². The van der Waals surface area contributed by atoms with Gasteiger partial charge in [-0.2, -0.15) is 0 Å². The normalized spacial score (nSPS) is 11.2. The van der Waals surface area contributed by atoms with E-state index >= 15 is 0 Å². The number of aromatic nitrogens is 1. The lowest BCUT2D eigenvalue weighted by molar-refractivity contribution is 1.18. The summed E-state index contributed by atoms with van der Waals surface area (Å²) in [5.41, 5.74) is 11.7. The van der Waals surface area contributed by atoms with Crippen molar-refractivity contribution in [1.82, 2.24) is 4.57 Å². The second kappa shape index (κ2) is 11.1. The van der Waals surface area contributed by atoms with Crippen LogP contribution in [0.4, 0.5) is 17.1 Å². The molecule has 0 bridgehead atoms. The number of para-hydroxylation sites is 4. The Labute approximate surface area is 257 Å². The third-order valence-electron chi connectivity index (χ3n) is 8.37. The summed E-state index contributed by atoms with van der Waals surface area (Å²) in [5.74, 6) is 0. The third-order valence-corrected chi connectivity index (χ3v) is 8.37. The van der Waals surface area contributed by atoms with Gasteiger partial charge in [0.15, 0.2) is 0 Å². The fraction of sp³-hybridized carbons (Fsp3) is 0. The van der Waals surface area contributed by atoms with E-state index in [0.29, 0.717) is 0 Å². The molecular formula is C42H30N2. The van der Waals surface area contributed by atoms with Crippen LogP contribution in [-0.4, -0.2) is 4.57 Å². The van der Waals surface area contributed by atoms with E-state index in [1.807, 2.05) is 0 Å². The molecule has 44 heavy (non-hydrogen) atoms. The van der Waals surface area contributed by atoms with E-state index in [2.05, 4.69) is 191 Å². The Morgan fingerprint density at radius 1 is 0.364 bits per heavy atom. The molecule has 0 aliphatic heterocycles. The monoisotopic (exact) mass is 562 g/mol. The van der Waals surface area contributed by atoms with Gasteiger partial charge in [0.05, 0.1) is 16.7 Å². The van der Waals surface area contributed by atoms with Crippen LogP contribution in [0.1, 0.15) is 0 Å². The van der Waals surface area contributed by atoms with Crippen molar-refractivity contribution < 1.29 is 0 Å². The van der Waals surface area contributed by atoms with E-state index in [1.165, 1.54) is 44.1 Å². The van der Waals surface area contributed by atoms with Gasteiger partial charge in [0, 0.05) is 33.4 Å². The topological polar surface area (TPSA) is 8.17 Å². The van der Waals surface area contributed by atoms with Crippen LogP contribution < -0.4 is 4.90 Å². The molecule has 208 valence electrons. The molecule has 0 radical (unpaired) electrons. The van der Waals surface area contributed by atoms with E-state index in [0.717, 1.165) is 22.7 Å². The Hall–Kier alpha value is -5.86. The average molecular weight is 563 g/mol. The van der Waals surface area contributed by atoms with Crippen molar-refractivity contribution in [3.05, 3.63) is 182 Å². The zero-order valence-electron chi connectivity index (χ0n) is 24.2. The first kappa shape index (κ1) is 25.8. The van der Waals surface area contributed by atoms with Crippen molar-refractivity contribution in [2.75, 3.05) is 4.90 Å². The van der Waals surface area contributed by atoms with Gasteiger partial charge in [-0.1, -0.05) is 127 Å². The third kappa shape index (κ3) is 4.54. The molecule has 1 heterocycles. The minimum absolute atomic E-state index is 1.12. The minimum Gasteiger partial charge on any atom is -0.310 e. The zero-order chi connectivity index (χ0) is 29.3. The quantitative estimate of drug-likeness (QED) is 0.196. The number of hydrogen-bond donors (Lipinski definition) is 0. The first-order valence-corrected chi connectivity index (χ1v) is 15.0. The zero-order valence-corrected chi connectivity index (χ0v) is 24.2. The molecule has 0 spiro atoms. The molecule has 0 unspecified atom stereocenters. The second-order valence-corrected chi connectivity index (χ2v) is 11.0. The summed E-state index contributed by atoms with van der Waals surface area (Å²) in [7, 11) is 0. The molecular weight excluding hydrogens is 532 g/mol.